The molecule has 2 amide bonds. The zero-order valence-corrected chi connectivity index (χ0v) is 17.0. The number of nitrogens with zero attached hydrogens (tertiary/aromatic N) is 3. The Morgan fingerprint density at radius 3 is 2.50 bits per heavy atom. The maximum Gasteiger partial charge on any atom is 0.271 e. The minimum absolute atomic E-state index is 0.0183. The summed E-state index contributed by atoms with van der Waals surface area (Å²) in [6, 6.07) is 11.7. The van der Waals surface area contributed by atoms with Crippen molar-refractivity contribution in [3.8, 4) is 0 Å². The number of carbonyl (C=O) groups is 2. The molecule has 0 aromatic heterocycles. The second kappa shape index (κ2) is 8.49. The molecule has 11 heteroatoms. The van der Waals surface area contributed by atoms with Gasteiger partial charge in [-0.2, -0.15) is 0 Å². The van der Waals surface area contributed by atoms with E-state index in [1.165, 1.54) is 18.2 Å². The van der Waals surface area contributed by atoms with Crippen molar-refractivity contribution in [3.05, 3.63) is 58.6 Å². The van der Waals surface area contributed by atoms with Crippen LogP contribution in [-0.4, -0.2) is 44.5 Å². The van der Waals surface area contributed by atoms with Crippen LogP contribution in [0.15, 0.2) is 48.5 Å². The highest BCUT2D eigenvalue weighted by atomic mass is 32.2. The predicted molar refractivity (Wildman–Crippen MR) is 112 cm³/mol. The first-order valence-electron chi connectivity index (χ1n) is 9.07. The number of benzene rings is 2. The van der Waals surface area contributed by atoms with Gasteiger partial charge in [0.15, 0.2) is 0 Å². The number of nitrogens with one attached hydrogen (secondary N) is 1. The Hall–Kier alpha value is -3.47. The summed E-state index contributed by atoms with van der Waals surface area (Å²) in [5.41, 5.74) is 0.895. The zero-order chi connectivity index (χ0) is 21.9. The molecule has 1 heterocycles. The van der Waals surface area contributed by atoms with E-state index in [9.17, 15) is 28.1 Å². The van der Waals surface area contributed by atoms with Crippen molar-refractivity contribution in [2.24, 2.45) is 0 Å². The van der Waals surface area contributed by atoms with E-state index in [0.717, 1.165) is 28.7 Å². The van der Waals surface area contributed by atoms with Crippen LogP contribution in [-0.2, 0) is 19.6 Å². The monoisotopic (exact) mass is 432 g/mol. The normalized spacial score (nSPS) is 13.9. The molecule has 158 valence electrons. The van der Waals surface area contributed by atoms with Gasteiger partial charge in [0, 0.05) is 36.5 Å². The third kappa shape index (κ3) is 4.92. The number of sulfonamides is 1. The molecule has 2 aromatic rings. The van der Waals surface area contributed by atoms with Gasteiger partial charge in [-0.25, -0.2) is 8.42 Å². The van der Waals surface area contributed by atoms with Gasteiger partial charge in [0.1, 0.15) is 6.54 Å². The zero-order valence-electron chi connectivity index (χ0n) is 16.1. The number of anilines is 3. The fourth-order valence-electron chi connectivity index (χ4n) is 3.14. The number of rotatable bonds is 7. The van der Waals surface area contributed by atoms with Gasteiger partial charge >= 0.3 is 0 Å². The van der Waals surface area contributed by atoms with Crippen molar-refractivity contribution < 1.29 is 22.9 Å². The van der Waals surface area contributed by atoms with E-state index in [2.05, 4.69) is 5.32 Å². The lowest BCUT2D eigenvalue weighted by Crippen LogP contribution is -2.37. The highest BCUT2D eigenvalue weighted by molar-refractivity contribution is 7.92. The molecule has 1 aliphatic rings. The topological polar surface area (TPSA) is 130 Å². The van der Waals surface area contributed by atoms with Crippen LogP contribution < -0.4 is 14.5 Å². The molecule has 0 unspecified atom stereocenters. The minimum atomic E-state index is -3.87. The lowest BCUT2D eigenvalue weighted by molar-refractivity contribution is -0.384. The van der Waals surface area contributed by atoms with Crippen LogP contribution in [0.3, 0.4) is 0 Å². The van der Waals surface area contributed by atoms with Gasteiger partial charge in [-0.1, -0.05) is 6.07 Å². The van der Waals surface area contributed by atoms with Gasteiger partial charge in [0.05, 0.1) is 16.9 Å². The van der Waals surface area contributed by atoms with Crippen LogP contribution in [0.5, 0.6) is 0 Å². The molecule has 0 radical (unpaired) electrons. The third-order valence-electron chi connectivity index (χ3n) is 4.55. The summed E-state index contributed by atoms with van der Waals surface area (Å²) in [6.07, 6.45) is 2.23. The van der Waals surface area contributed by atoms with E-state index < -0.39 is 27.4 Å². The second-order valence-corrected chi connectivity index (χ2v) is 8.70. The van der Waals surface area contributed by atoms with Crippen LogP contribution >= 0.6 is 0 Å². The predicted octanol–water partition coefficient (Wildman–Crippen LogP) is 2.13. The first-order valence-corrected chi connectivity index (χ1v) is 10.9. The molecule has 3 rings (SSSR count). The summed E-state index contributed by atoms with van der Waals surface area (Å²) < 4.78 is 25.1. The molecule has 2 aromatic carbocycles. The van der Waals surface area contributed by atoms with Crippen molar-refractivity contribution in [2.75, 3.05) is 33.9 Å². The fourth-order valence-corrected chi connectivity index (χ4v) is 3.99. The van der Waals surface area contributed by atoms with Crippen LogP contribution in [0.4, 0.5) is 22.7 Å². The Balaban J connectivity index is 1.73. The first-order chi connectivity index (χ1) is 14.1. The second-order valence-electron chi connectivity index (χ2n) is 6.79. The van der Waals surface area contributed by atoms with E-state index in [4.69, 9.17) is 0 Å². The summed E-state index contributed by atoms with van der Waals surface area (Å²) >= 11 is 0. The maximum atomic E-state index is 12.4. The van der Waals surface area contributed by atoms with Crippen LogP contribution in [0.2, 0.25) is 0 Å². The Kier molecular flexibility index (Phi) is 6.01. The smallest absolute Gasteiger partial charge is 0.271 e. The molecule has 10 nitrogen and oxygen atoms in total. The highest BCUT2D eigenvalue weighted by Crippen LogP contribution is 2.25. The standard InChI is InChI=1S/C19H20N4O6S/c1-30(28,29)22(16-4-2-5-17(12-16)23(26)27)13-18(24)20-14-7-9-15(10-8-14)21-11-3-6-19(21)25/h2,4-5,7-10,12H,3,6,11,13H2,1H3,(H,20,24). The molecule has 1 saturated heterocycles. The van der Waals surface area contributed by atoms with Gasteiger partial charge < -0.3 is 10.2 Å². The lowest BCUT2D eigenvalue weighted by atomic mass is 10.2. The van der Waals surface area contributed by atoms with E-state index in [0.29, 0.717) is 18.7 Å². The van der Waals surface area contributed by atoms with E-state index in [1.54, 1.807) is 29.2 Å². The van der Waals surface area contributed by atoms with Crippen LogP contribution in [0.1, 0.15) is 12.8 Å². The molecule has 1 fully saturated rings. The van der Waals surface area contributed by atoms with Gasteiger partial charge in [-0.15, -0.1) is 0 Å². The SMILES string of the molecule is CS(=O)(=O)N(CC(=O)Nc1ccc(N2CCCC2=O)cc1)c1cccc([N+](=O)[O-])c1. The van der Waals surface area contributed by atoms with Crippen molar-refractivity contribution in [1.29, 1.82) is 0 Å². The molecule has 30 heavy (non-hydrogen) atoms. The first kappa shape index (κ1) is 21.2. The molecule has 0 atom stereocenters. The molecule has 1 N–H and O–H groups in total. The van der Waals surface area contributed by atoms with Crippen molar-refractivity contribution in [3.63, 3.8) is 0 Å². The number of non-ortho nitro benzene ring substituents is 1. The summed E-state index contributed by atoms with van der Waals surface area (Å²) in [5.74, 6) is -0.565. The molecule has 1 aliphatic heterocycles. The largest absolute Gasteiger partial charge is 0.325 e. The molecule has 0 spiro atoms. The minimum Gasteiger partial charge on any atom is -0.325 e. The Bertz CT molecular complexity index is 1080. The molecule has 0 bridgehead atoms. The molecular weight excluding hydrogens is 412 g/mol. The fraction of sp³-hybridized carbons (Fsp3) is 0.263. The average Bonchev–Trinajstić information content (AvgIpc) is 3.12. The summed E-state index contributed by atoms with van der Waals surface area (Å²) in [7, 11) is -3.87. The summed E-state index contributed by atoms with van der Waals surface area (Å²) in [4.78, 5) is 36.2. The molecule has 0 saturated carbocycles. The highest BCUT2D eigenvalue weighted by Gasteiger charge is 2.23. The number of amides is 2. The van der Waals surface area contributed by atoms with Crippen molar-refractivity contribution in [1.82, 2.24) is 0 Å². The van der Waals surface area contributed by atoms with Crippen molar-refractivity contribution >= 4 is 44.6 Å². The van der Waals surface area contributed by atoms with Gasteiger partial charge in [0.25, 0.3) is 5.69 Å². The van der Waals surface area contributed by atoms with Gasteiger partial charge in [-0.3, -0.25) is 24.0 Å². The Morgan fingerprint density at radius 2 is 1.93 bits per heavy atom. The van der Waals surface area contributed by atoms with E-state index in [1.807, 2.05) is 0 Å². The van der Waals surface area contributed by atoms with Gasteiger partial charge in [-0.05, 0) is 36.8 Å². The number of hydrogen-bond donors (Lipinski definition) is 1. The van der Waals surface area contributed by atoms with Crippen LogP contribution in [0.25, 0.3) is 0 Å². The number of hydrogen-bond acceptors (Lipinski definition) is 6. The Morgan fingerprint density at radius 1 is 1.23 bits per heavy atom. The molecule has 0 aliphatic carbocycles. The average molecular weight is 432 g/mol. The summed E-state index contributed by atoms with van der Waals surface area (Å²) in [6.45, 7) is 0.101. The number of nitro benzene ring substituents is 1. The number of nitro groups is 1. The third-order valence-corrected chi connectivity index (χ3v) is 5.69. The maximum absolute atomic E-state index is 12.4. The quantitative estimate of drug-likeness (QED) is 0.527. The van der Waals surface area contributed by atoms with E-state index in [-0.39, 0.29) is 17.3 Å². The summed E-state index contributed by atoms with van der Waals surface area (Å²) in [5, 5.41) is 13.6. The van der Waals surface area contributed by atoms with Crippen LogP contribution in [0, 0.1) is 10.1 Å². The van der Waals surface area contributed by atoms with Gasteiger partial charge in [0.2, 0.25) is 21.8 Å². The van der Waals surface area contributed by atoms with Crippen molar-refractivity contribution in [2.45, 2.75) is 12.8 Å². The molecular formula is C19H20N4O6S. The van der Waals surface area contributed by atoms with E-state index >= 15 is 0 Å². The lowest BCUT2D eigenvalue weighted by Gasteiger charge is -2.22. The number of carbonyl (C=O) groups excluding carboxylic acids is 2. The Labute approximate surface area is 173 Å².